The first-order valence-electron chi connectivity index (χ1n) is 6.76. The summed E-state index contributed by atoms with van der Waals surface area (Å²) in [5.41, 5.74) is 1.34. The van der Waals surface area contributed by atoms with Crippen molar-refractivity contribution in [1.82, 2.24) is 20.0 Å². The van der Waals surface area contributed by atoms with Crippen molar-refractivity contribution in [2.45, 2.75) is 26.2 Å². The predicted octanol–water partition coefficient (Wildman–Crippen LogP) is 1.81. The first kappa shape index (κ1) is 16.3. The van der Waals surface area contributed by atoms with E-state index in [9.17, 15) is 0 Å². The zero-order valence-corrected chi connectivity index (χ0v) is 14.3. The van der Waals surface area contributed by atoms with Crippen molar-refractivity contribution in [3.8, 4) is 0 Å². The van der Waals surface area contributed by atoms with Gasteiger partial charge in [-0.1, -0.05) is 0 Å². The molecule has 0 amide bonds. The molecule has 19 heavy (non-hydrogen) atoms. The van der Waals surface area contributed by atoms with E-state index in [1.54, 1.807) is 0 Å². The third kappa shape index (κ3) is 4.09. The van der Waals surface area contributed by atoms with Gasteiger partial charge in [-0.2, -0.15) is 5.10 Å². The highest BCUT2D eigenvalue weighted by molar-refractivity contribution is 14.0. The average Bonchev–Trinajstić information content (AvgIpc) is 2.97. The minimum Gasteiger partial charge on any atom is -0.357 e. The number of aryl methyl sites for hydroxylation is 1. The summed E-state index contributed by atoms with van der Waals surface area (Å²) in [4.78, 5) is 6.89. The summed E-state index contributed by atoms with van der Waals surface area (Å²) >= 11 is 0. The minimum absolute atomic E-state index is 0. The maximum Gasteiger partial charge on any atom is 0.193 e. The lowest BCUT2D eigenvalue weighted by atomic mass is 10.0. The third-order valence-corrected chi connectivity index (χ3v) is 3.33. The molecule has 1 aromatic rings. The Morgan fingerprint density at radius 1 is 1.53 bits per heavy atom. The highest BCUT2D eigenvalue weighted by Gasteiger charge is 2.26. The Bertz CT molecular complexity index is 415. The maximum atomic E-state index is 4.54. The van der Waals surface area contributed by atoms with E-state index >= 15 is 0 Å². The molecule has 1 aromatic heterocycles. The molecule has 0 aromatic carbocycles. The van der Waals surface area contributed by atoms with Crippen LogP contribution in [0, 0.1) is 0 Å². The van der Waals surface area contributed by atoms with Gasteiger partial charge in [0.15, 0.2) is 5.96 Å². The molecule has 1 saturated heterocycles. The van der Waals surface area contributed by atoms with Crippen LogP contribution in [0.1, 0.15) is 31.7 Å². The van der Waals surface area contributed by atoms with Crippen LogP contribution in [-0.4, -0.2) is 46.8 Å². The van der Waals surface area contributed by atoms with Gasteiger partial charge in [0, 0.05) is 45.3 Å². The molecule has 2 heterocycles. The first-order valence-corrected chi connectivity index (χ1v) is 6.76. The Kier molecular flexibility index (Phi) is 6.60. The SMILES string of the molecule is CCN=C(NCC)N1CCC(c2cnn(C)c2)C1.I. The molecule has 0 aliphatic carbocycles. The van der Waals surface area contributed by atoms with Crippen molar-refractivity contribution in [3.63, 3.8) is 0 Å². The van der Waals surface area contributed by atoms with Crippen LogP contribution in [0.5, 0.6) is 0 Å². The standard InChI is InChI=1S/C13H23N5.HI/c1-4-14-13(15-5-2)18-7-6-11(10-18)12-8-16-17(3)9-12;/h8-9,11H,4-7,10H2,1-3H3,(H,14,15);1H. The maximum absolute atomic E-state index is 4.54. The molecular formula is C13H24IN5. The number of aromatic nitrogens is 2. The number of hydrogen-bond acceptors (Lipinski definition) is 2. The number of guanidine groups is 1. The van der Waals surface area contributed by atoms with Gasteiger partial charge in [-0.05, 0) is 25.8 Å². The van der Waals surface area contributed by atoms with Gasteiger partial charge in [-0.15, -0.1) is 24.0 Å². The van der Waals surface area contributed by atoms with E-state index in [1.165, 1.54) is 12.0 Å². The Labute approximate surface area is 132 Å². The quantitative estimate of drug-likeness (QED) is 0.497. The molecule has 0 spiro atoms. The third-order valence-electron chi connectivity index (χ3n) is 3.33. The lowest BCUT2D eigenvalue weighted by Gasteiger charge is -2.21. The first-order chi connectivity index (χ1) is 8.74. The van der Waals surface area contributed by atoms with Gasteiger partial charge in [-0.25, -0.2) is 0 Å². The zero-order chi connectivity index (χ0) is 13.0. The Morgan fingerprint density at radius 3 is 2.89 bits per heavy atom. The van der Waals surface area contributed by atoms with Crippen molar-refractivity contribution < 1.29 is 0 Å². The molecule has 1 unspecified atom stereocenters. The highest BCUT2D eigenvalue weighted by Crippen LogP contribution is 2.26. The molecule has 0 radical (unpaired) electrons. The van der Waals surface area contributed by atoms with E-state index in [0.29, 0.717) is 5.92 Å². The second-order valence-corrected chi connectivity index (χ2v) is 4.71. The lowest BCUT2D eigenvalue weighted by molar-refractivity contribution is 0.487. The van der Waals surface area contributed by atoms with Crippen LogP contribution in [0.15, 0.2) is 17.4 Å². The van der Waals surface area contributed by atoms with Gasteiger partial charge >= 0.3 is 0 Å². The molecule has 5 nitrogen and oxygen atoms in total. The Morgan fingerprint density at radius 2 is 2.32 bits per heavy atom. The summed E-state index contributed by atoms with van der Waals surface area (Å²) in [5.74, 6) is 1.63. The summed E-state index contributed by atoms with van der Waals surface area (Å²) in [6.07, 6.45) is 5.29. The van der Waals surface area contributed by atoms with Crippen molar-refractivity contribution in [2.75, 3.05) is 26.2 Å². The summed E-state index contributed by atoms with van der Waals surface area (Å²) < 4.78 is 1.88. The van der Waals surface area contributed by atoms with E-state index in [1.807, 2.05) is 17.9 Å². The van der Waals surface area contributed by atoms with Gasteiger partial charge in [0.25, 0.3) is 0 Å². The molecule has 0 saturated carbocycles. The Hall–Kier alpha value is -0.790. The number of halogens is 1. The van der Waals surface area contributed by atoms with Gasteiger partial charge in [0.2, 0.25) is 0 Å². The van der Waals surface area contributed by atoms with E-state index in [-0.39, 0.29) is 24.0 Å². The van der Waals surface area contributed by atoms with Crippen LogP contribution in [0.3, 0.4) is 0 Å². The van der Waals surface area contributed by atoms with Crippen molar-refractivity contribution in [1.29, 1.82) is 0 Å². The highest BCUT2D eigenvalue weighted by atomic mass is 127. The monoisotopic (exact) mass is 377 g/mol. The number of rotatable bonds is 3. The van der Waals surface area contributed by atoms with E-state index < -0.39 is 0 Å². The topological polar surface area (TPSA) is 45.5 Å². The summed E-state index contributed by atoms with van der Waals surface area (Å²) in [7, 11) is 1.97. The molecule has 1 atom stereocenters. The van der Waals surface area contributed by atoms with Crippen molar-refractivity contribution in [2.24, 2.45) is 12.0 Å². The number of likely N-dealkylation sites (tertiary alicyclic amines) is 1. The fourth-order valence-corrected chi connectivity index (χ4v) is 2.45. The predicted molar refractivity (Wildman–Crippen MR) is 89.2 cm³/mol. The van der Waals surface area contributed by atoms with Gasteiger partial charge in [-0.3, -0.25) is 9.67 Å². The molecule has 1 N–H and O–H groups in total. The molecule has 2 rings (SSSR count). The largest absolute Gasteiger partial charge is 0.357 e. The molecule has 1 aliphatic heterocycles. The lowest BCUT2D eigenvalue weighted by Crippen LogP contribution is -2.40. The molecule has 6 heteroatoms. The normalized spacial score (nSPS) is 19.4. The molecular weight excluding hydrogens is 353 g/mol. The van der Waals surface area contributed by atoms with E-state index in [2.05, 4.69) is 40.4 Å². The van der Waals surface area contributed by atoms with Gasteiger partial charge in [0.05, 0.1) is 6.20 Å². The van der Waals surface area contributed by atoms with Crippen molar-refractivity contribution >= 4 is 29.9 Å². The second kappa shape index (κ2) is 7.72. The van der Waals surface area contributed by atoms with E-state index in [0.717, 1.165) is 32.1 Å². The minimum atomic E-state index is 0. The summed E-state index contributed by atoms with van der Waals surface area (Å²) in [6, 6.07) is 0. The molecule has 108 valence electrons. The van der Waals surface area contributed by atoms with Gasteiger partial charge < -0.3 is 10.2 Å². The number of hydrogen-bond donors (Lipinski definition) is 1. The molecule has 0 bridgehead atoms. The van der Waals surface area contributed by atoms with Crippen LogP contribution >= 0.6 is 24.0 Å². The fraction of sp³-hybridized carbons (Fsp3) is 0.692. The van der Waals surface area contributed by atoms with Crippen molar-refractivity contribution in [3.05, 3.63) is 18.0 Å². The van der Waals surface area contributed by atoms with Gasteiger partial charge in [0.1, 0.15) is 0 Å². The van der Waals surface area contributed by atoms with Crippen LogP contribution in [-0.2, 0) is 7.05 Å². The summed E-state index contributed by atoms with van der Waals surface area (Å²) in [5, 5.41) is 7.61. The van der Waals surface area contributed by atoms with E-state index in [4.69, 9.17) is 0 Å². The number of nitrogens with zero attached hydrogens (tertiary/aromatic N) is 4. The van der Waals surface area contributed by atoms with Crippen LogP contribution in [0.2, 0.25) is 0 Å². The second-order valence-electron chi connectivity index (χ2n) is 4.71. The zero-order valence-electron chi connectivity index (χ0n) is 12.0. The number of aliphatic imine (C=N–C) groups is 1. The fourth-order valence-electron chi connectivity index (χ4n) is 2.45. The summed E-state index contributed by atoms with van der Waals surface area (Å²) in [6.45, 7) is 8.05. The number of nitrogens with one attached hydrogen (secondary N) is 1. The molecule has 1 aliphatic rings. The average molecular weight is 377 g/mol. The smallest absolute Gasteiger partial charge is 0.193 e. The van der Waals surface area contributed by atoms with Crippen LogP contribution < -0.4 is 5.32 Å². The van der Waals surface area contributed by atoms with Crippen LogP contribution in [0.25, 0.3) is 0 Å². The van der Waals surface area contributed by atoms with Crippen LogP contribution in [0.4, 0.5) is 0 Å². The Balaban J connectivity index is 0.00000180. The molecule has 1 fully saturated rings.